The van der Waals surface area contributed by atoms with E-state index in [-0.39, 0.29) is 114 Å². The van der Waals surface area contributed by atoms with Gasteiger partial charge in [0.1, 0.15) is 27.7 Å². The number of aliphatic hydroxyl groups is 1. The number of ketones is 1. The van der Waals surface area contributed by atoms with Gasteiger partial charge in [-0.25, -0.2) is 26.8 Å². The molecule has 3 aliphatic heterocycles. The molecular formula is C68H85ClKN5O17S3. The van der Waals surface area contributed by atoms with Crippen LogP contribution in [0.15, 0.2) is 94.8 Å². The Hall–Kier alpha value is -4.78. The topological polar surface area (TPSA) is 314 Å². The van der Waals surface area contributed by atoms with E-state index in [2.05, 4.69) is 58.6 Å². The molecule has 22 nitrogen and oxygen atoms in total. The molecule has 13 atom stereocenters. The van der Waals surface area contributed by atoms with Crippen molar-refractivity contribution in [2.24, 2.45) is 51.5 Å². The van der Waals surface area contributed by atoms with E-state index < -0.39 is 66.8 Å². The number of hydrogen-bond acceptors (Lipinski definition) is 20. The largest absolute Gasteiger partial charge is 1.00 e. The molecule has 95 heavy (non-hydrogen) atoms. The van der Waals surface area contributed by atoms with Gasteiger partial charge < -0.3 is 58.5 Å². The molecule has 0 amide bonds. The molecule has 3 aromatic carbocycles. The van der Waals surface area contributed by atoms with Gasteiger partial charge in [0.15, 0.2) is 17.3 Å². The van der Waals surface area contributed by atoms with Crippen molar-refractivity contribution >= 4 is 89.8 Å². The molecule has 4 unspecified atom stereocenters. The van der Waals surface area contributed by atoms with E-state index in [4.69, 9.17) is 49.9 Å². The van der Waals surface area contributed by atoms with E-state index >= 15 is 0 Å². The van der Waals surface area contributed by atoms with Crippen LogP contribution in [0.4, 0.5) is 5.69 Å². The number of primary sulfonamides is 1. The van der Waals surface area contributed by atoms with Crippen LogP contribution in [0.1, 0.15) is 101 Å². The predicted molar refractivity (Wildman–Crippen MR) is 354 cm³/mol. The molecule has 0 bridgehead atoms. The number of aromatic amines is 1. The normalized spacial score (nSPS) is 29.9. The van der Waals surface area contributed by atoms with E-state index in [9.17, 15) is 46.2 Å². The van der Waals surface area contributed by atoms with E-state index in [0.717, 1.165) is 68.9 Å². The smallest absolute Gasteiger partial charge is 0.550 e. The number of carbonyl (C=O) groups is 4. The molecule has 27 heteroatoms. The monoisotopic (exact) mass is 1410 g/mol. The molecule has 12 rings (SSSR count). The minimum absolute atomic E-state index is 0. The van der Waals surface area contributed by atoms with Gasteiger partial charge in [0.05, 0.1) is 70.0 Å². The second-order valence-corrected chi connectivity index (χ2v) is 30.8. The Morgan fingerprint density at radius 1 is 0.958 bits per heavy atom. The number of nitrogens with one attached hydrogen (secondary N) is 3. The van der Waals surface area contributed by atoms with Gasteiger partial charge in [-0.15, -0.1) is 6.58 Å². The summed E-state index contributed by atoms with van der Waals surface area (Å²) in [5, 5.41) is 31.4. The van der Waals surface area contributed by atoms with E-state index in [1.807, 2.05) is 18.2 Å². The average Bonchev–Trinajstić information content (AvgIpc) is 1.65. The minimum atomic E-state index is -4.12. The van der Waals surface area contributed by atoms with Crippen molar-refractivity contribution in [2.75, 3.05) is 72.6 Å². The zero-order valence-electron chi connectivity index (χ0n) is 55.2. The van der Waals surface area contributed by atoms with Gasteiger partial charge >= 0.3 is 63.3 Å². The first-order valence-corrected chi connectivity index (χ1v) is 36.2. The molecule has 1 aromatic heterocycles. The number of carbonyl (C=O) groups excluding carboxylic acids is 4. The number of anilines is 1. The number of fused-ring (bicyclic) bond motifs is 12. The number of sulfonamides is 2. The van der Waals surface area contributed by atoms with Crippen molar-refractivity contribution < 1.29 is 131 Å². The third-order valence-electron chi connectivity index (χ3n) is 21.3. The maximum atomic E-state index is 13.4. The van der Waals surface area contributed by atoms with Crippen LogP contribution in [-0.2, 0) is 59.9 Å². The number of ether oxygens (including phenoxy) is 7. The fourth-order valence-corrected chi connectivity index (χ4v) is 19.9. The number of aromatic nitrogens is 1. The minimum Gasteiger partial charge on any atom is -0.550 e. The summed E-state index contributed by atoms with van der Waals surface area (Å²) < 4.78 is 88.8. The third kappa shape index (κ3) is 15.1. The molecule has 0 radical (unpaired) electrons. The first-order chi connectivity index (χ1) is 44.7. The van der Waals surface area contributed by atoms with Crippen LogP contribution < -0.4 is 90.6 Å². The second kappa shape index (κ2) is 30.4. The summed E-state index contributed by atoms with van der Waals surface area (Å²) in [7, 11) is 1.26. The third-order valence-corrected chi connectivity index (χ3v) is 25.3. The van der Waals surface area contributed by atoms with Crippen molar-refractivity contribution in [1.29, 1.82) is 0 Å². The van der Waals surface area contributed by atoms with Gasteiger partial charge in [0, 0.05) is 72.8 Å². The van der Waals surface area contributed by atoms with E-state index in [1.165, 1.54) is 74.6 Å². The Balaban J connectivity index is 0.000000183. The number of aliphatic carboxylic acids is 1. The van der Waals surface area contributed by atoms with Crippen LogP contribution in [0.25, 0.3) is 17.0 Å². The number of halogens is 1. The zero-order valence-corrected chi connectivity index (χ0v) is 61.5. The van der Waals surface area contributed by atoms with Gasteiger partial charge in [-0.05, 0) is 170 Å². The Morgan fingerprint density at radius 2 is 1.68 bits per heavy atom. The van der Waals surface area contributed by atoms with Gasteiger partial charge in [0.25, 0.3) is 0 Å². The van der Waals surface area contributed by atoms with E-state index in [1.54, 1.807) is 38.5 Å². The molecule has 0 spiro atoms. The van der Waals surface area contributed by atoms with Gasteiger partial charge in [0.2, 0.25) is 25.8 Å². The summed E-state index contributed by atoms with van der Waals surface area (Å²) in [5.41, 5.74) is 4.59. The van der Waals surface area contributed by atoms with Crippen molar-refractivity contribution in [2.45, 2.75) is 124 Å². The Morgan fingerprint density at radius 3 is 2.34 bits per heavy atom. The number of H-pyrrole nitrogens is 1. The molecule has 4 heterocycles. The first-order valence-electron chi connectivity index (χ1n) is 31.6. The first kappa shape index (κ1) is 74.4. The van der Waals surface area contributed by atoms with Crippen molar-refractivity contribution in [1.82, 2.24) is 14.6 Å². The van der Waals surface area contributed by atoms with Crippen molar-refractivity contribution in [3.8, 4) is 23.0 Å². The standard InChI is InChI=1S/C35H42N2O9.C22H30O4.C11H14ClN3O4S3.K/c1-40-21-8-9-22-23-11-12-37-18-20-15-29(46-30(38)10-7-19-13-27(41-2)33(43-4)28(14-19)42-3)34(44-5)31(35(39)45-6)24(20)17-26(37)32(23)36-25(22)16-21;1-20-9-5-15(23)13-14(20)3-4-16-17(20)6-10-21(2)18(16)7-11-22(21,26)12-8-19(24)25;1-2-3-20-6-11-14-8-4-7(12)9(21(13,16)17)5-10(8)22(18,19)15-11;/h7-10,13-14,16,20,24,26,29,31,34,36H,11-12,15,17-18H2,1-6H3;3-4,13,16-18,26H,5-12H2,1-2H3,(H,24,25);2,4-5,11,14-15H,1,3,6H2,(H2,13,16,17);/q;;;+1/p-1/b10-7+;;;/t20-,24-,26+,29-,31-,34+;16?,17?,18?,20-,21-,22+;;/m10../s1. The average molecular weight is 1420 g/mol. The molecule has 8 aliphatic rings. The maximum absolute atomic E-state index is 13.4. The number of nitrogens with zero attached hydrogens (tertiary/aromatic N) is 1. The Labute approximate surface area is 607 Å². The number of carboxylic acid groups (broad SMARTS) is 1. The van der Waals surface area contributed by atoms with E-state index in [0.29, 0.717) is 77.8 Å². The fraction of sp³-hybridized carbons (Fsp3) is 0.529. The fourth-order valence-electron chi connectivity index (χ4n) is 16.6. The van der Waals surface area contributed by atoms with Gasteiger partial charge in [-0.3, -0.25) is 14.5 Å². The number of allylic oxidation sites excluding steroid dienone is 4. The number of rotatable bonds is 17. The number of hydrogen-bond donors (Lipinski definition) is 5. The van der Waals surface area contributed by atoms with Crippen LogP contribution in [0.2, 0.25) is 5.02 Å². The summed E-state index contributed by atoms with van der Waals surface area (Å²) in [5.74, 6) is 2.47. The van der Waals surface area contributed by atoms with Crippen LogP contribution >= 0.6 is 23.4 Å². The summed E-state index contributed by atoms with van der Waals surface area (Å²) >= 11 is 7.37. The Kier molecular flexibility index (Phi) is 23.8. The van der Waals surface area contributed by atoms with Crippen molar-refractivity contribution in [3.63, 3.8) is 0 Å². The predicted octanol–water partition coefficient (Wildman–Crippen LogP) is 5.07. The Bertz CT molecular complexity index is 3900. The molecule has 3 saturated carbocycles. The summed E-state index contributed by atoms with van der Waals surface area (Å²) in [4.78, 5) is 55.0. The number of carboxylic acids is 1. The quantitative estimate of drug-likeness (QED) is 0.0303. The molecule has 4 fully saturated rings. The van der Waals surface area contributed by atoms with Crippen LogP contribution in [0.5, 0.6) is 23.0 Å². The molecule has 5 aliphatic carbocycles. The number of piperidine rings is 1. The number of benzene rings is 3. The SMILES string of the molecule is C=CCSCC1Nc2cc(Cl)c(S(N)(=O)=O)cc2S(=O)(=O)N1.COC(=O)[C@@H]1[C@@H]2C[C@H]3c4[nH]c5cc(OC)ccc5c4CCN3C[C@H]2C[C@@H](OC(=O)/C=C/c2cc(OC)c(OC)c(OC)c2)[C@@H]1OC.C[C@]12CCC(=O)C=C1C=CC1C2CC[C@@]2(C)C1CC[C@@]2(O)CCC(=O)[O-].[K+]. The molecule has 510 valence electrons. The van der Waals surface area contributed by atoms with Crippen LogP contribution in [-0.4, -0.2) is 147 Å². The molecule has 1 saturated heterocycles. The second-order valence-electron chi connectivity index (χ2n) is 26.1. The number of methoxy groups -OCH3 is 6. The summed E-state index contributed by atoms with van der Waals surface area (Å²) in [6.45, 7) is 9.77. The maximum Gasteiger partial charge on any atom is 1.00 e. The number of esters is 2. The zero-order chi connectivity index (χ0) is 67.8. The van der Waals surface area contributed by atoms with Gasteiger partial charge in [-0.2, -0.15) is 16.5 Å². The molecule has 6 N–H and O–H groups in total. The van der Waals surface area contributed by atoms with Crippen molar-refractivity contribution in [3.05, 3.63) is 107 Å². The number of thioether (sulfide) groups is 1. The molecule has 4 aromatic rings. The van der Waals surface area contributed by atoms with Crippen LogP contribution in [0.3, 0.4) is 0 Å². The molecular weight excluding hydrogens is 1330 g/mol. The number of nitrogens with two attached hydrogens (primary N) is 1. The summed E-state index contributed by atoms with van der Waals surface area (Å²) in [6.07, 6.45) is 16.8. The summed E-state index contributed by atoms with van der Waals surface area (Å²) in [6, 6.07) is 12.0. The van der Waals surface area contributed by atoms with Gasteiger partial charge in [-0.1, -0.05) is 43.7 Å². The van der Waals surface area contributed by atoms with Crippen LogP contribution in [0, 0.1) is 46.3 Å².